The van der Waals surface area contributed by atoms with Gasteiger partial charge in [0.15, 0.2) is 0 Å². The Morgan fingerprint density at radius 1 is 0.969 bits per heavy atom. The summed E-state index contributed by atoms with van der Waals surface area (Å²) in [6.45, 7) is 8.06. The molecule has 4 unspecified atom stereocenters. The second-order valence-corrected chi connectivity index (χ2v) is 11.1. The molecule has 1 aromatic carbocycles. The highest BCUT2D eigenvalue weighted by molar-refractivity contribution is 7.89. The van der Waals surface area contributed by atoms with Crippen molar-refractivity contribution in [2.24, 2.45) is 11.8 Å². The molecule has 4 aliphatic rings. The zero-order chi connectivity index (χ0) is 22.0. The van der Waals surface area contributed by atoms with E-state index >= 15 is 0 Å². The van der Waals surface area contributed by atoms with Crippen LogP contribution in [0.15, 0.2) is 59.6 Å². The summed E-state index contributed by atoms with van der Waals surface area (Å²) in [6.07, 6.45) is 4.20. The summed E-state index contributed by atoms with van der Waals surface area (Å²) >= 11 is 0. The van der Waals surface area contributed by atoms with Gasteiger partial charge in [0.2, 0.25) is 10.0 Å². The number of rotatable bonds is 7. The van der Waals surface area contributed by atoms with E-state index in [0.29, 0.717) is 29.3 Å². The molecule has 1 aromatic heterocycles. The third-order valence-electron chi connectivity index (χ3n) is 7.41. The summed E-state index contributed by atoms with van der Waals surface area (Å²) in [4.78, 5) is 12.3. The average Bonchev–Trinajstić information content (AvgIpc) is 2.85. The van der Waals surface area contributed by atoms with Crippen molar-refractivity contribution in [3.63, 3.8) is 0 Å². The number of nitrogens with one attached hydrogen (secondary N) is 1. The van der Waals surface area contributed by atoms with Crippen molar-refractivity contribution in [1.82, 2.24) is 19.5 Å². The Labute approximate surface area is 191 Å². The van der Waals surface area contributed by atoms with E-state index in [1.165, 1.54) is 6.42 Å². The van der Waals surface area contributed by atoms with E-state index < -0.39 is 10.0 Å². The fourth-order valence-electron chi connectivity index (χ4n) is 5.59. The van der Waals surface area contributed by atoms with Crippen LogP contribution in [-0.2, 0) is 10.0 Å². The van der Waals surface area contributed by atoms with Gasteiger partial charge in [0.1, 0.15) is 5.82 Å². The van der Waals surface area contributed by atoms with Crippen molar-refractivity contribution in [3.05, 3.63) is 54.7 Å². The van der Waals surface area contributed by atoms with Crippen LogP contribution in [0.2, 0.25) is 0 Å². The molecule has 4 fully saturated rings. The van der Waals surface area contributed by atoms with Gasteiger partial charge in [0.05, 0.1) is 4.90 Å². The molecular formula is C24H33N5O2S. The maximum Gasteiger partial charge on any atom is 0.240 e. The van der Waals surface area contributed by atoms with Gasteiger partial charge in [-0.05, 0) is 55.5 Å². The lowest BCUT2D eigenvalue weighted by atomic mass is 9.75. The van der Waals surface area contributed by atoms with Gasteiger partial charge in [-0.15, -0.1) is 0 Å². The average molecular weight is 456 g/mol. The van der Waals surface area contributed by atoms with Gasteiger partial charge in [0, 0.05) is 58.1 Å². The van der Waals surface area contributed by atoms with Crippen molar-refractivity contribution in [1.29, 1.82) is 0 Å². The van der Waals surface area contributed by atoms with Crippen LogP contribution in [0, 0.1) is 11.8 Å². The zero-order valence-corrected chi connectivity index (χ0v) is 19.3. The molecule has 1 N–H and O–H groups in total. The maximum atomic E-state index is 12.6. The van der Waals surface area contributed by atoms with Crippen LogP contribution < -0.4 is 9.62 Å². The highest BCUT2D eigenvalue weighted by atomic mass is 32.2. The third kappa shape index (κ3) is 4.83. The van der Waals surface area contributed by atoms with E-state index in [9.17, 15) is 8.42 Å². The number of piperidine rings is 3. The van der Waals surface area contributed by atoms with Crippen molar-refractivity contribution < 1.29 is 8.42 Å². The van der Waals surface area contributed by atoms with Crippen molar-refractivity contribution in [2.75, 3.05) is 57.3 Å². The van der Waals surface area contributed by atoms with Crippen LogP contribution >= 0.6 is 0 Å². The Balaban J connectivity index is 1.11. The minimum absolute atomic E-state index is 0.310. The van der Waals surface area contributed by atoms with Gasteiger partial charge in [-0.3, -0.25) is 9.80 Å². The third-order valence-corrected chi connectivity index (χ3v) is 8.85. The van der Waals surface area contributed by atoms with Crippen LogP contribution in [-0.4, -0.2) is 81.6 Å². The normalized spacial score (nSPS) is 28.7. The fourth-order valence-corrected chi connectivity index (χ4v) is 6.68. The number of fused-ring (bicyclic) bond motifs is 3. The van der Waals surface area contributed by atoms with Gasteiger partial charge in [-0.25, -0.2) is 18.1 Å². The molecule has 32 heavy (non-hydrogen) atoms. The highest BCUT2D eigenvalue weighted by Gasteiger charge is 2.41. The van der Waals surface area contributed by atoms with E-state index in [1.807, 2.05) is 18.3 Å². The number of piperazine rings is 1. The lowest BCUT2D eigenvalue weighted by Gasteiger charge is -2.51. The van der Waals surface area contributed by atoms with Gasteiger partial charge >= 0.3 is 0 Å². The summed E-state index contributed by atoms with van der Waals surface area (Å²) in [6, 6.07) is 15.1. The van der Waals surface area contributed by atoms with Crippen LogP contribution in [0.5, 0.6) is 0 Å². The Bertz CT molecular complexity index is 980. The first-order valence-electron chi connectivity index (χ1n) is 11.8. The van der Waals surface area contributed by atoms with Gasteiger partial charge in [-0.1, -0.05) is 24.3 Å². The molecule has 6 rings (SSSR count). The van der Waals surface area contributed by atoms with Gasteiger partial charge in [0.25, 0.3) is 0 Å². The van der Waals surface area contributed by atoms with E-state index in [0.717, 1.165) is 58.1 Å². The second-order valence-electron chi connectivity index (χ2n) is 9.33. The largest absolute Gasteiger partial charge is 0.354 e. The molecule has 4 saturated heterocycles. The summed E-state index contributed by atoms with van der Waals surface area (Å²) in [5.41, 5.74) is 0. The number of sulfonamides is 1. The summed E-state index contributed by atoms with van der Waals surface area (Å²) in [5, 5.41) is 0. The number of aromatic nitrogens is 1. The molecule has 0 spiro atoms. The molecule has 5 heterocycles. The number of anilines is 1. The Morgan fingerprint density at radius 3 is 2.44 bits per heavy atom. The molecule has 0 radical (unpaired) electrons. The van der Waals surface area contributed by atoms with Crippen molar-refractivity contribution in [3.8, 4) is 0 Å². The smallest absolute Gasteiger partial charge is 0.240 e. The number of hydrogen-bond donors (Lipinski definition) is 1. The number of hydrogen-bond acceptors (Lipinski definition) is 6. The summed E-state index contributed by atoms with van der Waals surface area (Å²) < 4.78 is 28.0. The molecule has 4 atom stereocenters. The second kappa shape index (κ2) is 9.47. The summed E-state index contributed by atoms with van der Waals surface area (Å²) in [5.74, 6) is 2.46. The molecule has 2 bridgehead atoms. The molecule has 0 amide bonds. The predicted octanol–water partition coefficient (Wildman–Crippen LogP) is 1.89. The quantitative estimate of drug-likeness (QED) is 0.688. The fraction of sp³-hybridized carbons (Fsp3) is 0.542. The SMILES string of the molecule is O=S(=O)(NCC1CC2CCN1CC2CN1CCN(c2ccccn2)CC1)c1ccccc1. The molecule has 2 aromatic rings. The van der Waals surface area contributed by atoms with Gasteiger partial charge < -0.3 is 4.90 Å². The molecule has 7 nitrogen and oxygen atoms in total. The van der Waals surface area contributed by atoms with Crippen LogP contribution in [0.4, 0.5) is 5.82 Å². The van der Waals surface area contributed by atoms with Crippen molar-refractivity contribution >= 4 is 15.8 Å². The molecule has 4 aliphatic heterocycles. The molecule has 0 aliphatic carbocycles. The monoisotopic (exact) mass is 455 g/mol. The first-order chi connectivity index (χ1) is 15.6. The zero-order valence-electron chi connectivity index (χ0n) is 18.5. The van der Waals surface area contributed by atoms with E-state index in [-0.39, 0.29) is 0 Å². The topological polar surface area (TPSA) is 68.8 Å². The number of pyridine rings is 1. The Kier molecular flexibility index (Phi) is 6.46. The highest BCUT2D eigenvalue weighted by Crippen LogP contribution is 2.36. The van der Waals surface area contributed by atoms with E-state index in [4.69, 9.17) is 0 Å². The summed E-state index contributed by atoms with van der Waals surface area (Å²) in [7, 11) is -3.44. The molecular weight excluding hydrogens is 422 g/mol. The van der Waals surface area contributed by atoms with E-state index in [2.05, 4.69) is 36.5 Å². The lowest BCUT2D eigenvalue weighted by Crippen LogP contribution is -2.59. The first kappa shape index (κ1) is 21.8. The minimum atomic E-state index is -3.44. The molecule has 172 valence electrons. The maximum absolute atomic E-state index is 12.6. The van der Waals surface area contributed by atoms with Crippen molar-refractivity contribution in [2.45, 2.75) is 23.8 Å². The Hall–Kier alpha value is -2.00. The number of nitrogens with zero attached hydrogens (tertiary/aromatic N) is 4. The van der Waals surface area contributed by atoms with Crippen LogP contribution in [0.3, 0.4) is 0 Å². The molecule has 0 saturated carbocycles. The lowest BCUT2D eigenvalue weighted by molar-refractivity contribution is -0.0108. The predicted molar refractivity (Wildman–Crippen MR) is 126 cm³/mol. The Morgan fingerprint density at radius 2 is 1.75 bits per heavy atom. The number of benzene rings is 1. The first-order valence-corrected chi connectivity index (χ1v) is 13.2. The van der Waals surface area contributed by atoms with E-state index in [1.54, 1.807) is 24.3 Å². The van der Waals surface area contributed by atoms with Crippen LogP contribution in [0.1, 0.15) is 12.8 Å². The minimum Gasteiger partial charge on any atom is -0.354 e. The standard InChI is InChI=1S/C24H33N5O2S/c30-32(31,23-6-2-1-3-7-23)26-17-22-16-20-9-11-29(22)19-21(20)18-27-12-14-28(15-13-27)24-8-4-5-10-25-24/h1-8,10,20-22,26H,9,11-19H2. The molecule has 8 heteroatoms. The van der Waals surface area contributed by atoms with Crippen LogP contribution in [0.25, 0.3) is 0 Å². The van der Waals surface area contributed by atoms with Gasteiger partial charge in [-0.2, -0.15) is 0 Å².